The van der Waals surface area contributed by atoms with Gasteiger partial charge in [0.1, 0.15) is 17.1 Å². The first kappa shape index (κ1) is 21.1. The van der Waals surface area contributed by atoms with Crippen molar-refractivity contribution in [3.05, 3.63) is 41.4 Å². The van der Waals surface area contributed by atoms with E-state index in [2.05, 4.69) is 10.3 Å². The molecule has 2 aromatic rings. The van der Waals surface area contributed by atoms with Crippen molar-refractivity contribution < 1.29 is 19.4 Å². The Balaban J connectivity index is 2.11. The summed E-state index contributed by atoms with van der Waals surface area (Å²) >= 11 is 1.48. The summed E-state index contributed by atoms with van der Waals surface area (Å²) in [6.45, 7) is 5.96. The predicted molar refractivity (Wildman–Crippen MR) is 106 cm³/mol. The Hall–Kier alpha value is -2.25. The minimum Gasteiger partial charge on any atom is -0.480 e. The smallest absolute Gasteiger partial charge is 0.323 e. The van der Waals surface area contributed by atoms with E-state index in [1.165, 1.54) is 11.3 Å². The van der Waals surface area contributed by atoms with Crippen LogP contribution in [0.2, 0.25) is 0 Å². The fourth-order valence-corrected chi connectivity index (χ4v) is 3.57. The summed E-state index contributed by atoms with van der Waals surface area (Å²) in [5.74, 6) is -1.20. The van der Waals surface area contributed by atoms with Crippen LogP contribution in [0.3, 0.4) is 0 Å². The first-order valence-corrected chi connectivity index (χ1v) is 9.94. The molecule has 0 radical (unpaired) electrons. The van der Waals surface area contributed by atoms with Gasteiger partial charge >= 0.3 is 11.9 Å². The Morgan fingerprint density at radius 3 is 2.52 bits per heavy atom. The van der Waals surface area contributed by atoms with E-state index in [9.17, 15) is 14.7 Å². The second kappa shape index (κ2) is 10.2. The van der Waals surface area contributed by atoms with E-state index >= 15 is 0 Å². The molecule has 146 valence electrons. The molecule has 27 heavy (non-hydrogen) atoms. The molecule has 0 saturated carbocycles. The average molecular weight is 391 g/mol. The number of hydrogen-bond donors (Lipinski definition) is 2. The molecule has 0 amide bonds. The van der Waals surface area contributed by atoms with Crippen LogP contribution in [0.5, 0.6) is 0 Å². The Kier molecular flexibility index (Phi) is 7.94. The van der Waals surface area contributed by atoms with Crippen LogP contribution in [0.4, 0.5) is 0 Å². The van der Waals surface area contributed by atoms with Crippen LogP contribution in [-0.2, 0) is 20.7 Å². The third kappa shape index (κ3) is 6.45. The normalized spacial score (nSPS) is 13.3. The lowest BCUT2D eigenvalue weighted by molar-refractivity contribution is -0.147. The highest BCUT2D eigenvalue weighted by molar-refractivity contribution is 7.13. The first-order chi connectivity index (χ1) is 12.9. The van der Waals surface area contributed by atoms with Gasteiger partial charge in [-0.2, -0.15) is 0 Å². The van der Waals surface area contributed by atoms with Crippen LogP contribution < -0.4 is 5.32 Å². The summed E-state index contributed by atoms with van der Waals surface area (Å²) in [7, 11) is 0. The number of benzene rings is 1. The van der Waals surface area contributed by atoms with Gasteiger partial charge in [-0.25, -0.2) is 4.98 Å². The van der Waals surface area contributed by atoms with Crippen molar-refractivity contribution in [2.45, 2.75) is 45.7 Å². The minimum absolute atomic E-state index is 0.201. The van der Waals surface area contributed by atoms with Gasteiger partial charge in [0.05, 0.1) is 12.3 Å². The Morgan fingerprint density at radius 2 is 1.93 bits per heavy atom. The van der Waals surface area contributed by atoms with E-state index in [0.29, 0.717) is 12.1 Å². The van der Waals surface area contributed by atoms with Gasteiger partial charge in [0.25, 0.3) is 0 Å². The number of rotatable bonds is 10. The van der Waals surface area contributed by atoms with Crippen LogP contribution in [0.1, 0.15) is 32.9 Å². The molecule has 7 heteroatoms. The van der Waals surface area contributed by atoms with E-state index in [1.807, 2.05) is 49.6 Å². The molecule has 2 N–H and O–H groups in total. The van der Waals surface area contributed by atoms with Crippen molar-refractivity contribution in [2.75, 3.05) is 6.61 Å². The standard InChI is InChI=1S/C20H26N2O4S/c1-4-26-20(25)17(10-13(2)3)22-16(19(23)24)11-15-12-27-18(21-15)14-8-6-5-7-9-14/h5-9,12-13,16-17,22H,4,10-11H2,1-3H3,(H,23,24). The number of ether oxygens (including phenoxy) is 1. The molecule has 0 aliphatic rings. The number of aromatic nitrogens is 1. The fraction of sp³-hybridized carbons (Fsp3) is 0.450. The number of hydrogen-bond acceptors (Lipinski definition) is 6. The third-order valence-electron chi connectivity index (χ3n) is 3.96. The molecule has 0 aliphatic carbocycles. The number of carbonyl (C=O) groups is 2. The van der Waals surface area contributed by atoms with E-state index in [4.69, 9.17) is 4.74 Å². The second-order valence-corrected chi connectivity index (χ2v) is 7.56. The van der Waals surface area contributed by atoms with Gasteiger partial charge in [0.15, 0.2) is 0 Å². The van der Waals surface area contributed by atoms with E-state index in [0.717, 1.165) is 10.6 Å². The van der Waals surface area contributed by atoms with Gasteiger partial charge in [-0.15, -0.1) is 11.3 Å². The van der Waals surface area contributed by atoms with E-state index in [1.54, 1.807) is 6.92 Å². The molecule has 2 unspecified atom stereocenters. The summed E-state index contributed by atoms with van der Waals surface area (Å²) in [4.78, 5) is 28.5. The Labute approximate surface area is 163 Å². The maximum Gasteiger partial charge on any atom is 0.323 e. The number of carboxylic acid groups (broad SMARTS) is 1. The van der Waals surface area contributed by atoms with Crippen molar-refractivity contribution in [3.8, 4) is 10.6 Å². The molecule has 0 bridgehead atoms. The summed E-state index contributed by atoms with van der Waals surface area (Å²) < 4.78 is 5.09. The number of nitrogens with one attached hydrogen (secondary N) is 1. The van der Waals surface area contributed by atoms with Gasteiger partial charge in [-0.3, -0.25) is 14.9 Å². The summed E-state index contributed by atoms with van der Waals surface area (Å²) in [5.41, 5.74) is 1.68. The van der Waals surface area contributed by atoms with Crippen molar-refractivity contribution in [3.63, 3.8) is 0 Å². The third-order valence-corrected chi connectivity index (χ3v) is 4.90. The molecule has 0 aliphatic heterocycles. The molecule has 0 fully saturated rings. The topological polar surface area (TPSA) is 88.5 Å². The van der Waals surface area contributed by atoms with Crippen LogP contribution in [0.15, 0.2) is 35.7 Å². The van der Waals surface area contributed by atoms with Crippen LogP contribution in [0.25, 0.3) is 10.6 Å². The fourth-order valence-electron chi connectivity index (χ4n) is 2.73. The lowest BCUT2D eigenvalue weighted by Crippen LogP contribution is -2.49. The van der Waals surface area contributed by atoms with Gasteiger partial charge in [0.2, 0.25) is 0 Å². The number of thiazole rings is 1. The lowest BCUT2D eigenvalue weighted by Gasteiger charge is -2.23. The SMILES string of the molecule is CCOC(=O)C(CC(C)C)NC(Cc1csc(-c2ccccc2)n1)C(=O)O. The van der Waals surface area contributed by atoms with Gasteiger partial charge in [-0.1, -0.05) is 44.2 Å². The molecule has 2 atom stereocenters. The summed E-state index contributed by atoms with van der Waals surface area (Å²) in [6.07, 6.45) is 0.710. The first-order valence-electron chi connectivity index (χ1n) is 9.06. The molecule has 1 aromatic heterocycles. The molecule has 6 nitrogen and oxygen atoms in total. The second-order valence-electron chi connectivity index (χ2n) is 6.71. The summed E-state index contributed by atoms with van der Waals surface area (Å²) in [5, 5.41) is 15.3. The Morgan fingerprint density at radius 1 is 1.22 bits per heavy atom. The zero-order chi connectivity index (χ0) is 19.8. The molecular weight excluding hydrogens is 364 g/mol. The number of nitrogens with zero attached hydrogens (tertiary/aromatic N) is 1. The largest absolute Gasteiger partial charge is 0.480 e. The van der Waals surface area contributed by atoms with Gasteiger partial charge in [-0.05, 0) is 19.3 Å². The molecule has 0 saturated heterocycles. The van der Waals surface area contributed by atoms with Gasteiger partial charge in [0, 0.05) is 17.4 Å². The zero-order valence-electron chi connectivity index (χ0n) is 15.8. The van der Waals surface area contributed by atoms with Crippen molar-refractivity contribution in [1.82, 2.24) is 10.3 Å². The average Bonchev–Trinajstić information content (AvgIpc) is 3.09. The predicted octanol–water partition coefficient (Wildman–Crippen LogP) is 3.37. The van der Waals surface area contributed by atoms with E-state index in [-0.39, 0.29) is 18.9 Å². The van der Waals surface area contributed by atoms with Crippen LogP contribution in [0, 0.1) is 5.92 Å². The molecule has 0 spiro atoms. The van der Waals surface area contributed by atoms with Crippen molar-refractivity contribution >= 4 is 23.3 Å². The summed E-state index contributed by atoms with van der Waals surface area (Å²) in [6, 6.07) is 8.18. The van der Waals surface area contributed by atoms with Crippen LogP contribution in [-0.4, -0.2) is 40.7 Å². The quantitative estimate of drug-likeness (QED) is 0.605. The van der Waals surface area contributed by atoms with Crippen molar-refractivity contribution in [1.29, 1.82) is 0 Å². The Bertz CT molecular complexity index is 745. The number of carboxylic acids is 1. The molecular formula is C20H26N2O4S. The highest BCUT2D eigenvalue weighted by Crippen LogP contribution is 2.24. The highest BCUT2D eigenvalue weighted by atomic mass is 32.1. The highest BCUT2D eigenvalue weighted by Gasteiger charge is 2.28. The maximum absolute atomic E-state index is 12.2. The maximum atomic E-state index is 12.2. The van der Waals surface area contributed by atoms with E-state index < -0.39 is 24.0 Å². The molecule has 1 aromatic carbocycles. The van der Waals surface area contributed by atoms with Gasteiger partial charge < -0.3 is 9.84 Å². The molecule has 1 heterocycles. The number of carbonyl (C=O) groups excluding carboxylic acids is 1. The zero-order valence-corrected chi connectivity index (χ0v) is 16.7. The number of aliphatic carboxylic acids is 1. The number of esters is 1. The van der Waals surface area contributed by atoms with Crippen molar-refractivity contribution in [2.24, 2.45) is 5.92 Å². The minimum atomic E-state index is -1.01. The monoisotopic (exact) mass is 390 g/mol. The van der Waals surface area contributed by atoms with Crippen LogP contribution >= 0.6 is 11.3 Å². The lowest BCUT2D eigenvalue weighted by atomic mass is 10.0. The molecule has 2 rings (SSSR count).